The van der Waals surface area contributed by atoms with E-state index in [-0.39, 0.29) is 24.0 Å². The molecule has 0 amide bonds. The highest BCUT2D eigenvalue weighted by atomic mass is 127. The normalized spacial score (nSPS) is 14.8. The predicted octanol–water partition coefficient (Wildman–Crippen LogP) is 4.00. The molecule has 94 valence electrons. The van der Waals surface area contributed by atoms with Gasteiger partial charge in [0.2, 0.25) is 0 Å². The van der Waals surface area contributed by atoms with Crippen LogP contribution >= 0.6 is 24.0 Å². The maximum atomic E-state index is 11.6. The zero-order chi connectivity index (χ0) is 12.0. The first-order valence-electron chi connectivity index (χ1n) is 2.64. The SMILES string of the molecule is FC(F)(F)C(F)(F)C(F)(F)C(F)(F)F.I. The number of hydrogen-bond acceptors (Lipinski definition) is 0. The highest BCUT2D eigenvalue weighted by Gasteiger charge is 2.82. The molecule has 0 bridgehead atoms. The molecule has 0 fully saturated rings. The van der Waals surface area contributed by atoms with Crippen LogP contribution in [0.25, 0.3) is 0 Å². The van der Waals surface area contributed by atoms with E-state index in [2.05, 4.69) is 0 Å². The molecule has 0 spiro atoms. The highest BCUT2D eigenvalue weighted by Crippen LogP contribution is 2.53. The maximum Gasteiger partial charge on any atom is 0.460 e. The molecule has 0 saturated carbocycles. The lowest BCUT2D eigenvalue weighted by Crippen LogP contribution is -2.59. The van der Waals surface area contributed by atoms with Crippen LogP contribution in [0.1, 0.15) is 0 Å². The van der Waals surface area contributed by atoms with Crippen LogP contribution in [-0.2, 0) is 0 Å². The number of rotatable bonds is 1. The van der Waals surface area contributed by atoms with Gasteiger partial charge in [-0.3, -0.25) is 0 Å². The molecular weight excluding hydrogens is 365 g/mol. The average molecular weight is 366 g/mol. The van der Waals surface area contributed by atoms with E-state index in [9.17, 15) is 43.9 Å². The fraction of sp³-hybridized carbons (Fsp3) is 1.00. The third kappa shape index (κ3) is 2.78. The maximum absolute atomic E-state index is 11.6. The van der Waals surface area contributed by atoms with Gasteiger partial charge in [-0.05, 0) is 0 Å². The van der Waals surface area contributed by atoms with Gasteiger partial charge in [0, 0.05) is 0 Å². The standard InChI is InChI=1S/C4F10.HI/c5-1(6,3(9,10)11)2(7,8)4(12,13)14;/h;1H. The topological polar surface area (TPSA) is 0 Å². The summed E-state index contributed by atoms with van der Waals surface area (Å²) in [5, 5.41) is 0. The molecule has 0 aliphatic heterocycles. The summed E-state index contributed by atoms with van der Waals surface area (Å²) in [5.74, 6) is -14.3. The number of halogens is 11. The summed E-state index contributed by atoms with van der Waals surface area (Å²) in [5.41, 5.74) is 0. The molecule has 0 atom stereocenters. The van der Waals surface area contributed by atoms with Gasteiger partial charge < -0.3 is 0 Å². The van der Waals surface area contributed by atoms with Crippen molar-refractivity contribution in [1.82, 2.24) is 0 Å². The molecule has 0 aliphatic carbocycles. The fourth-order valence-electron chi connectivity index (χ4n) is 0.356. The van der Waals surface area contributed by atoms with Crippen molar-refractivity contribution in [2.75, 3.05) is 0 Å². The summed E-state index contributed by atoms with van der Waals surface area (Å²) >= 11 is 0. The Labute approximate surface area is 92.6 Å². The molecular formula is C4HF10I. The fourth-order valence-corrected chi connectivity index (χ4v) is 0.356. The van der Waals surface area contributed by atoms with Crippen LogP contribution in [0.5, 0.6) is 0 Å². The summed E-state index contributed by atoms with van der Waals surface area (Å²) in [6.07, 6.45) is -13.9. The Morgan fingerprint density at radius 1 is 0.400 bits per heavy atom. The van der Waals surface area contributed by atoms with E-state index in [1.165, 1.54) is 0 Å². The van der Waals surface area contributed by atoms with Crippen LogP contribution in [0.3, 0.4) is 0 Å². The Kier molecular flexibility index (Phi) is 4.79. The van der Waals surface area contributed by atoms with Gasteiger partial charge >= 0.3 is 24.2 Å². The summed E-state index contributed by atoms with van der Waals surface area (Å²) in [6, 6.07) is 0. The Bertz CT molecular complexity index is 186. The van der Waals surface area contributed by atoms with Crippen LogP contribution < -0.4 is 0 Å². The Hall–Kier alpha value is 0.0300. The first-order valence-corrected chi connectivity index (χ1v) is 2.64. The third-order valence-corrected chi connectivity index (χ3v) is 1.11. The van der Waals surface area contributed by atoms with Crippen LogP contribution in [0.4, 0.5) is 43.9 Å². The van der Waals surface area contributed by atoms with Crippen molar-refractivity contribution in [2.24, 2.45) is 0 Å². The second-order valence-corrected chi connectivity index (χ2v) is 2.14. The van der Waals surface area contributed by atoms with Gasteiger partial charge in [0.1, 0.15) is 0 Å². The van der Waals surface area contributed by atoms with Crippen molar-refractivity contribution in [3.63, 3.8) is 0 Å². The average Bonchev–Trinajstić information content (AvgIpc) is 1.81. The molecule has 0 rings (SSSR count). The van der Waals surface area contributed by atoms with Crippen molar-refractivity contribution >= 4 is 24.0 Å². The van der Waals surface area contributed by atoms with Gasteiger partial charge in [0.25, 0.3) is 0 Å². The lowest BCUT2D eigenvalue weighted by atomic mass is 10.1. The molecule has 0 aromatic carbocycles. The lowest BCUT2D eigenvalue weighted by molar-refractivity contribution is -0.419. The molecule has 0 unspecified atom stereocenters. The molecule has 0 heterocycles. The molecule has 0 aliphatic rings. The van der Waals surface area contributed by atoms with Crippen molar-refractivity contribution in [3.05, 3.63) is 0 Å². The van der Waals surface area contributed by atoms with Crippen molar-refractivity contribution in [2.45, 2.75) is 24.2 Å². The number of alkyl halides is 10. The van der Waals surface area contributed by atoms with E-state index in [0.29, 0.717) is 0 Å². The Balaban J connectivity index is 0. The van der Waals surface area contributed by atoms with Crippen molar-refractivity contribution in [1.29, 1.82) is 0 Å². The molecule has 0 aromatic heterocycles. The predicted molar refractivity (Wildman–Crippen MR) is 37.4 cm³/mol. The van der Waals surface area contributed by atoms with Gasteiger partial charge in [-0.15, -0.1) is 24.0 Å². The van der Waals surface area contributed by atoms with Gasteiger partial charge in [0.05, 0.1) is 0 Å². The van der Waals surface area contributed by atoms with Crippen LogP contribution in [0.15, 0.2) is 0 Å². The Morgan fingerprint density at radius 2 is 0.533 bits per heavy atom. The smallest absolute Gasteiger partial charge is 0.189 e. The number of hydrogen-bond donors (Lipinski definition) is 0. The van der Waals surface area contributed by atoms with Crippen LogP contribution in [-0.4, -0.2) is 24.2 Å². The molecule has 0 radical (unpaired) electrons. The minimum absolute atomic E-state index is 0. The first-order chi connectivity index (χ1) is 5.75. The second kappa shape index (κ2) is 4.13. The highest BCUT2D eigenvalue weighted by molar-refractivity contribution is 14.0. The van der Waals surface area contributed by atoms with E-state index < -0.39 is 24.2 Å². The van der Waals surface area contributed by atoms with Gasteiger partial charge in [0.15, 0.2) is 0 Å². The summed E-state index contributed by atoms with van der Waals surface area (Å²) in [6.45, 7) is 0. The molecule has 15 heavy (non-hydrogen) atoms. The Morgan fingerprint density at radius 3 is 0.600 bits per heavy atom. The molecule has 0 nitrogen and oxygen atoms in total. The van der Waals surface area contributed by atoms with E-state index in [1.807, 2.05) is 0 Å². The van der Waals surface area contributed by atoms with Crippen LogP contribution in [0.2, 0.25) is 0 Å². The van der Waals surface area contributed by atoms with Crippen molar-refractivity contribution < 1.29 is 43.9 Å². The minimum Gasteiger partial charge on any atom is -0.189 e. The van der Waals surface area contributed by atoms with Crippen LogP contribution in [0, 0.1) is 0 Å². The van der Waals surface area contributed by atoms with E-state index >= 15 is 0 Å². The zero-order valence-electron chi connectivity index (χ0n) is 6.19. The molecule has 0 N–H and O–H groups in total. The minimum atomic E-state index is -7.14. The quantitative estimate of drug-likeness (QED) is 0.486. The monoisotopic (exact) mass is 366 g/mol. The molecule has 11 heteroatoms. The van der Waals surface area contributed by atoms with Gasteiger partial charge in [-0.2, -0.15) is 43.9 Å². The third-order valence-electron chi connectivity index (χ3n) is 1.11. The largest absolute Gasteiger partial charge is 0.460 e. The van der Waals surface area contributed by atoms with E-state index in [4.69, 9.17) is 0 Å². The summed E-state index contributed by atoms with van der Waals surface area (Å²) in [4.78, 5) is 0. The zero-order valence-corrected chi connectivity index (χ0v) is 8.52. The van der Waals surface area contributed by atoms with Crippen molar-refractivity contribution in [3.8, 4) is 0 Å². The summed E-state index contributed by atoms with van der Waals surface area (Å²) in [7, 11) is 0. The van der Waals surface area contributed by atoms with Gasteiger partial charge in [-0.1, -0.05) is 0 Å². The van der Waals surface area contributed by atoms with Gasteiger partial charge in [-0.25, -0.2) is 0 Å². The molecule has 0 aromatic rings. The second-order valence-electron chi connectivity index (χ2n) is 2.14. The first kappa shape index (κ1) is 17.4. The lowest BCUT2D eigenvalue weighted by Gasteiger charge is -2.29. The molecule has 0 saturated heterocycles. The van der Waals surface area contributed by atoms with E-state index in [1.54, 1.807) is 0 Å². The van der Waals surface area contributed by atoms with E-state index in [0.717, 1.165) is 0 Å². The summed E-state index contributed by atoms with van der Waals surface area (Å²) < 4.78 is 113.